The van der Waals surface area contributed by atoms with Crippen LogP contribution >= 0.6 is 0 Å². The fourth-order valence-corrected chi connectivity index (χ4v) is 2.13. The van der Waals surface area contributed by atoms with Crippen LogP contribution < -0.4 is 10.5 Å². The highest BCUT2D eigenvalue weighted by molar-refractivity contribution is 5.63. The van der Waals surface area contributed by atoms with E-state index in [0.29, 0.717) is 6.54 Å². The first kappa shape index (κ1) is 11.7. The van der Waals surface area contributed by atoms with E-state index in [0.717, 1.165) is 28.3 Å². The number of aromatic nitrogens is 2. The van der Waals surface area contributed by atoms with Crippen LogP contribution in [0.25, 0.3) is 16.9 Å². The minimum Gasteiger partial charge on any atom is -0.497 e. The number of fused-ring (bicyclic) bond motifs is 1. The molecule has 3 aromatic rings. The van der Waals surface area contributed by atoms with Gasteiger partial charge in [-0.1, -0.05) is 6.07 Å². The number of ether oxygens (including phenoxy) is 1. The summed E-state index contributed by atoms with van der Waals surface area (Å²) in [5, 5.41) is 0. The quantitative estimate of drug-likeness (QED) is 0.780. The van der Waals surface area contributed by atoms with Crippen molar-refractivity contribution < 1.29 is 4.74 Å². The molecule has 0 saturated heterocycles. The first-order chi connectivity index (χ1) is 9.31. The topological polar surface area (TPSA) is 52.5 Å². The van der Waals surface area contributed by atoms with Gasteiger partial charge in [0.1, 0.15) is 11.4 Å². The zero-order valence-electron chi connectivity index (χ0n) is 10.7. The molecule has 0 aliphatic heterocycles. The highest BCUT2D eigenvalue weighted by atomic mass is 16.5. The third-order valence-corrected chi connectivity index (χ3v) is 3.17. The lowest BCUT2D eigenvalue weighted by Crippen LogP contribution is -2.02. The van der Waals surface area contributed by atoms with Crippen LogP contribution in [0.1, 0.15) is 5.69 Å². The Labute approximate surface area is 111 Å². The minimum absolute atomic E-state index is 0.496. The van der Waals surface area contributed by atoms with E-state index in [1.165, 1.54) is 0 Å². The van der Waals surface area contributed by atoms with Gasteiger partial charge in [0.2, 0.25) is 0 Å². The van der Waals surface area contributed by atoms with Gasteiger partial charge in [-0.25, -0.2) is 4.98 Å². The summed E-state index contributed by atoms with van der Waals surface area (Å²) in [5.41, 5.74) is 9.69. The van der Waals surface area contributed by atoms with Crippen molar-refractivity contribution >= 4 is 5.65 Å². The van der Waals surface area contributed by atoms with Gasteiger partial charge in [0.05, 0.1) is 12.8 Å². The largest absolute Gasteiger partial charge is 0.497 e. The van der Waals surface area contributed by atoms with E-state index in [1.54, 1.807) is 7.11 Å². The summed E-state index contributed by atoms with van der Waals surface area (Å²) in [7, 11) is 1.66. The van der Waals surface area contributed by atoms with E-state index in [9.17, 15) is 0 Å². The van der Waals surface area contributed by atoms with Gasteiger partial charge in [-0.3, -0.25) is 0 Å². The predicted octanol–water partition coefficient (Wildman–Crippen LogP) is 2.47. The molecule has 0 aliphatic rings. The van der Waals surface area contributed by atoms with Crippen molar-refractivity contribution in [2.24, 2.45) is 5.73 Å². The molecule has 0 atom stereocenters. The molecule has 1 aromatic carbocycles. The number of benzene rings is 1. The molecule has 0 spiro atoms. The Morgan fingerprint density at radius 1 is 1.16 bits per heavy atom. The summed E-state index contributed by atoms with van der Waals surface area (Å²) >= 11 is 0. The van der Waals surface area contributed by atoms with Crippen LogP contribution in [0.5, 0.6) is 5.75 Å². The molecular weight excluding hydrogens is 238 g/mol. The maximum absolute atomic E-state index is 5.74. The Hall–Kier alpha value is -2.33. The highest BCUT2D eigenvalue weighted by Crippen LogP contribution is 2.22. The van der Waals surface area contributed by atoms with Crippen LogP contribution in [0.2, 0.25) is 0 Å². The third kappa shape index (κ3) is 2.06. The molecule has 0 aliphatic carbocycles. The summed E-state index contributed by atoms with van der Waals surface area (Å²) in [6.07, 6.45) is 2.01. The molecule has 4 heteroatoms. The van der Waals surface area contributed by atoms with Crippen molar-refractivity contribution in [1.82, 2.24) is 9.38 Å². The number of hydrogen-bond acceptors (Lipinski definition) is 3. The van der Waals surface area contributed by atoms with Crippen LogP contribution in [-0.2, 0) is 6.54 Å². The summed E-state index contributed by atoms with van der Waals surface area (Å²) in [5.74, 6) is 0.843. The number of hydrogen-bond donors (Lipinski definition) is 1. The van der Waals surface area contributed by atoms with Crippen molar-refractivity contribution in [1.29, 1.82) is 0 Å². The Kier molecular flexibility index (Phi) is 2.93. The molecule has 2 aromatic heterocycles. The minimum atomic E-state index is 0.496. The Morgan fingerprint density at radius 2 is 1.95 bits per heavy atom. The number of pyridine rings is 1. The molecule has 0 radical (unpaired) electrons. The standard InChI is InChI=1S/C15H15N3O/c1-19-13-7-5-11(6-8-13)14-10-18-12(9-16)3-2-4-15(18)17-14/h2-8,10H,9,16H2,1H3. The van der Waals surface area contributed by atoms with Crippen LogP contribution in [-0.4, -0.2) is 16.5 Å². The number of methoxy groups -OCH3 is 1. The van der Waals surface area contributed by atoms with E-state index in [4.69, 9.17) is 10.5 Å². The molecule has 0 fully saturated rings. The lowest BCUT2D eigenvalue weighted by Gasteiger charge is -2.00. The number of rotatable bonds is 3. The van der Waals surface area contributed by atoms with Crippen molar-refractivity contribution in [3.63, 3.8) is 0 Å². The van der Waals surface area contributed by atoms with E-state index >= 15 is 0 Å². The number of imidazole rings is 1. The molecule has 0 amide bonds. The molecular formula is C15H15N3O. The van der Waals surface area contributed by atoms with Gasteiger partial charge >= 0.3 is 0 Å². The van der Waals surface area contributed by atoms with Crippen molar-refractivity contribution in [2.45, 2.75) is 6.54 Å². The number of nitrogens with zero attached hydrogens (tertiary/aromatic N) is 2. The molecule has 2 N–H and O–H groups in total. The Balaban J connectivity index is 2.09. The molecule has 2 heterocycles. The van der Waals surface area contributed by atoms with Crippen LogP contribution in [0.3, 0.4) is 0 Å². The SMILES string of the molecule is COc1ccc(-c2cn3c(CN)cccc3n2)cc1. The monoisotopic (exact) mass is 253 g/mol. The van der Waals surface area contributed by atoms with E-state index in [2.05, 4.69) is 4.98 Å². The fraction of sp³-hybridized carbons (Fsp3) is 0.133. The highest BCUT2D eigenvalue weighted by Gasteiger charge is 2.06. The summed E-state index contributed by atoms with van der Waals surface area (Å²) in [6.45, 7) is 0.496. The first-order valence-electron chi connectivity index (χ1n) is 6.13. The Morgan fingerprint density at radius 3 is 2.63 bits per heavy atom. The lowest BCUT2D eigenvalue weighted by molar-refractivity contribution is 0.415. The van der Waals surface area contributed by atoms with E-state index < -0.39 is 0 Å². The smallest absolute Gasteiger partial charge is 0.137 e. The average Bonchev–Trinajstić information content (AvgIpc) is 2.91. The summed E-state index contributed by atoms with van der Waals surface area (Å²) in [6, 6.07) is 13.8. The molecule has 4 nitrogen and oxygen atoms in total. The van der Waals surface area contributed by atoms with Gasteiger partial charge in [-0.2, -0.15) is 0 Å². The maximum Gasteiger partial charge on any atom is 0.137 e. The molecule has 0 saturated carbocycles. The Bertz CT molecular complexity index is 701. The third-order valence-electron chi connectivity index (χ3n) is 3.17. The van der Waals surface area contributed by atoms with Gasteiger partial charge in [0.25, 0.3) is 0 Å². The summed E-state index contributed by atoms with van der Waals surface area (Å²) < 4.78 is 7.19. The van der Waals surface area contributed by atoms with Gasteiger partial charge in [0, 0.05) is 24.0 Å². The number of nitrogens with two attached hydrogens (primary N) is 1. The van der Waals surface area contributed by atoms with Gasteiger partial charge in [0.15, 0.2) is 0 Å². The second kappa shape index (κ2) is 4.74. The molecule has 96 valence electrons. The second-order valence-corrected chi connectivity index (χ2v) is 4.30. The predicted molar refractivity (Wildman–Crippen MR) is 75.1 cm³/mol. The van der Waals surface area contributed by atoms with Crippen molar-refractivity contribution in [3.8, 4) is 17.0 Å². The van der Waals surface area contributed by atoms with E-state index in [1.807, 2.05) is 53.1 Å². The van der Waals surface area contributed by atoms with E-state index in [-0.39, 0.29) is 0 Å². The molecule has 19 heavy (non-hydrogen) atoms. The van der Waals surface area contributed by atoms with Crippen molar-refractivity contribution in [2.75, 3.05) is 7.11 Å². The maximum atomic E-state index is 5.74. The molecule has 0 unspecified atom stereocenters. The summed E-state index contributed by atoms with van der Waals surface area (Å²) in [4.78, 5) is 4.61. The van der Waals surface area contributed by atoms with Gasteiger partial charge < -0.3 is 14.9 Å². The zero-order chi connectivity index (χ0) is 13.2. The fourth-order valence-electron chi connectivity index (χ4n) is 2.13. The first-order valence-corrected chi connectivity index (χ1v) is 6.13. The van der Waals surface area contributed by atoms with Crippen LogP contribution in [0, 0.1) is 0 Å². The van der Waals surface area contributed by atoms with Crippen molar-refractivity contribution in [3.05, 3.63) is 54.4 Å². The van der Waals surface area contributed by atoms with Crippen LogP contribution in [0.4, 0.5) is 0 Å². The average molecular weight is 253 g/mol. The normalized spacial score (nSPS) is 10.8. The molecule has 0 bridgehead atoms. The van der Waals surface area contributed by atoms with Gasteiger partial charge in [-0.15, -0.1) is 0 Å². The lowest BCUT2D eigenvalue weighted by atomic mass is 10.2. The van der Waals surface area contributed by atoms with Crippen LogP contribution in [0.15, 0.2) is 48.7 Å². The molecule has 3 rings (SSSR count). The zero-order valence-corrected chi connectivity index (χ0v) is 10.7. The second-order valence-electron chi connectivity index (χ2n) is 4.30. The van der Waals surface area contributed by atoms with Gasteiger partial charge in [-0.05, 0) is 36.4 Å².